The van der Waals surface area contributed by atoms with Crippen LogP contribution in [0.15, 0.2) is 36.7 Å². The quantitative estimate of drug-likeness (QED) is 0.905. The topological polar surface area (TPSA) is 72.9 Å². The molecule has 2 aromatic rings. The van der Waals surface area contributed by atoms with Crippen molar-refractivity contribution >= 4 is 29.9 Å². The molecule has 0 spiro atoms. The highest BCUT2D eigenvalue weighted by atomic mass is 35.5. The van der Waals surface area contributed by atoms with Gasteiger partial charge in [-0.05, 0) is 32.0 Å². The van der Waals surface area contributed by atoms with Crippen LogP contribution < -0.4 is 11.1 Å². The van der Waals surface area contributed by atoms with Crippen molar-refractivity contribution in [2.24, 2.45) is 5.73 Å². The second kappa shape index (κ2) is 6.93. The van der Waals surface area contributed by atoms with Crippen LogP contribution in [0.1, 0.15) is 24.2 Å². The molecule has 0 radical (unpaired) electrons. The van der Waals surface area contributed by atoms with Gasteiger partial charge in [-0.1, -0.05) is 17.7 Å². The predicted octanol–water partition coefficient (Wildman–Crippen LogP) is 2.41. The Kier molecular flexibility index (Phi) is 5.78. The molecule has 1 heterocycles. The third-order valence-electron chi connectivity index (χ3n) is 2.62. The second-order valence-electron chi connectivity index (χ2n) is 5.32. The van der Waals surface area contributed by atoms with E-state index in [2.05, 4.69) is 10.4 Å². The molecule has 0 fully saturated rings. The number of nitrogens with two attached hydrogens (primary N) is 1. The van der Waals surface area contributed by atoms with E-state index < -0.39 is 5.54 Å². The standard InChI is InChI=1S/C14H17ClN4O.ClH/c1-14(2,16)9-17-13(20)10-7-18-19(8-10)12-5-3-4-11(15)6-12;/h3-8H,9,16H2,1-2H3,(H,17,20);1H. The van der Waals surface area contributed by atoms with E-state index in [-0.39, 0.29) is 18.3 Å². The molecular formula is C14H18Cl2N4O. The maximum atomic E-state index is 12.0. The van der Waals surface area contributed by atoms with Crippen LogP contribution in [0.25, 0.3) is 5.69 Å². The number of hydrogen-bond donors (Lipinski definition) is 2. The summed E-state index contributed by atoms with van der Waals surface area (Å²) in [4.78, 5) is 12.0. The van der Waals surface area contributed by atoms with E-state index in [1.54, 1.807) is 23.0 Å². The van der Waals surface area contributed by atoms with E-state index in [1.807, 2.05) is 26.0 Å². The highest BCUT2D eigenvalue weighted by Crippen LogP contribution is 2.14. The first kappa shape index (κ1) is 17.5. The molecule has 7 heteroatoms. The van der Waals surface area contributed by atoms with E-state index in [9.17, 15) is 4.79 Å². The lowest BCUT2D eigenvalue weighted by atomic mass is 10.1. The maximum absolute atomic E-state index is 12.0. The van der Waals surface area contributed by atoms with Crippen LogP contribution in [-0.4, -0.2) is 27.8 Å². The molecule has 2 rings (SSSR count). The summed E-state index contributed by atoms with van der Waals surface area (Å²) in [7, 11) is 0. The Labute approximate surface area is 134 Å². The molecule has 114 valence electrons. The van der Waals surface area contributed by atoms with Gasteiger partial charge < -0.3 is 11.1 Å². The molecular weight excluding hydrogens is 311 g/mol. The number of aromatic nitrogens is 2. The minimum absolute atomic E-state index is 0. The zero-order valence-electron chi connectivity index (χ0n) is 11.8. The fraction of sp³-hybridized carbons (Fsp3) is 0.286. The molecule has 0 aliphatic heterocycles. The highest BCUT2D eigenvalue weighted by Gasteiger charge is 2.14. The molecule has 5 nitrogen and oxygen atoms in total. The van der Waals surface area contributed by atoms with Crippen molar-refractivity contribution in [1.29, 1.82) is 0 Å². The lowest BCUT2D eigenvalue weighted by Crippen LogP contribution is -2.45. The van der Waals surface area contributed by atoms with Crippen LogP contribution in [-0.2, 0) is 0 Å². The molecule has 0 saturated carbocycles. The van der Waals surface area contributed by atoms with Crippen LogP contribution >= 0.6 is 24.0 Å². The number of carbonyl (C=O) groups excluding carboxylic acids is 1. The van der Waals surface area contributed by atoms with Gasteiger partial charge in [0.2, 0.25) is 0 Å². The number of benzene rings is 1. The van der Waals surface area contributed by atoms with Gasteiger partial charge in [-0.25, -0.2) is 4.68 Å². The van der Waals surface area contributed by atoms with E-state index in [4.69, 9.17) is 17.3 Å². The number of nitrogens with zero attached hydrogens (tertiary/aromatic N) is 2. The third-order valence-corrected chi connectivity index (χ3v) is 2.86. The number of amides is 1. The summed E-state index contributed by atoms with van der Waals surface area (Å²) in [6.07, 6.45) is 3.17. The molecule has 0 bridgehead atoms. The molecule has 1 amide bonds. The zero-order chi connectivity index (χ0) is 14.8. The van der Waals surface area contributed by atoms with Crippen LogP contribution in [0.5, 0.6) is 0 Å². The smallest absolute Gasteiger partial charge is 0.254 e. The Morgan fingerprint density at radius 3 is 2.81 bits per heavy atom. The number of hydrogen-bond acceptors (Lipinski definition) is 3. The third kappa shape index (κ3) is 5.04. The lowest BCUT2D eigenvalue weighted by Gasteiger charge is -2.18. The van der Waals surface area contributed by atoms with E-state index in [0.29, 0.717) is 17.1 Å². The zero-order valence-corrected chi connectivity index (χ0v) is 13.4. The van der Waals surface area contributed by atoms with E-state index >= 15 is 0 Å². The average Bonchev–Trinajstić information content (AvgIpc) is 2.84. The normalized spacial score (nSPS) is 10.9. The molecule has 0 unspecified atom stereocenters. The molecule has 0 aliphatic rings. The summed E-state index contributed by atoms with van der Waals surface area (Å²) in [5.74, 6) is -0.197. The average molecular weight is 329 g/mol. The lowest BCUT2D eigenvalue weighted by molar-refractivity contribution is 0.0946. The van der Waals surface area contributed by atoms with Gasteiger partial charge in [-0.2, -0.15) is 5.10 Å². The molecule has 0 aliphatic carbocycles. The fourth-order valence-corrected chi connectivity index (χ4v) is 1.79. The van der Waals surface area contributed by atoms with Gasteiger partial charge >= 0.3 is 0 Å². The molecule has 3 N–H and O–H groups in total. The number of rotatable bonds is 4. The summed E-state index contributed by atoms with van der Waals surface area (Å²) >= 11 is 5.93. The number of halogens is 2. The summed E-state index contributed by atoms with van der Waals surface area (Å²) in [6.45, 7) is 4.10. The maximum Gasteiger partial charge on any atom is 0.254 e. The van der Waals surface area contributed by atoms with Gasteiger partial charge in [-0.3, -0.25) is 4.79 Å². The van der Waals surface area contributed by atoms with Crippen molar-refractivity contribution in [3.63, 3.8) is 0 Å². The van der Waals surface area contributed by atoms with Crippen LogP contribution in [0.2, 0.25) is 5.02 Å². The van der Waals surface area contributed by atoms with Crippen LogP contribution in [0.3, 0.4) is 0 Å². The summed E-state index contributed by atoms with van der Waals surface area (Å²) < 4.78 is 1.61. The fourth-order valence-electron chi connectivity index (χ4n) is 1.61. The van der Waals surface area contributed by atoms with Gasteiger partial charge in [0.05, 0.1) is 17.4 Å². The first-order valence-electron chi connectivity index (χ1n) is 6.23. The monoisotopic (exact) mass is 328 g/mol. The Morgan fingerprint density at radius 2 is 2.19 bits per heavy atom. The molecule has 0 saturated heterocycles. The van der Waals surface area contributed by atoms with Crippen molar-refractivity contribution in [2.75, 3.05) is 6.54 Å². The summed E-state index contributed by atoms with van der Waals surface area (Å²) in [6, 6.07) is 7.25. The molecule has 21 heavy (non-hydrogen) atoms. The largest absolute Gasteiger partial charge is 0.350 e. The van der Waals surface area contributed by atoms with Crippen molar-refractivity contribution < 1.29 is 4.79 Å². The van der Waals surface area contributed by atoms with Crippen LogP contribution in [0.4, 0.5) is 0 Å². The van der Waals surface area contributed by atoms with Crippen molar-refractivity contribution in [3.8, 4) is 5.69 Å². The van der Waals surface area contributed by atoms with Gasteiger partial charge in [0, 0.05) is 23.3 Å². The Morgan fingerprint density at radius 1 is 1.48 bits per heavy atom. The Hall–Kier alpha value is -1.56. The number of carbonyl (C=O) groups is 1. The predicted molar refractivity (Wildman–Crippen MR) is 86.4 cm³/mol. The summed E-state index contributed by atoms with van der Waals surface area (Å²) in [5.41, 5.74) is 6.66. The minimum atomic E-state index is -0.446. The van der Waals surface area contributed by atoms with Crippen molar-refractivity contribution in [1.82, 2.24) is 15.1 Å². The molecule has 1 aromatic carbocycles. The van der Waals surface area contributed by atoms with Gasteiger partial charge in [0.15, 0.2) is 0 Å². The van der Waals surface area contributed by atoms with Gasteiger partial charge in [-0.15, -0.1) is 12.4 Å². The Bertz CT molecular complexity index is 619. The minimum Gasteiger partial charge on any atom is -0.350 e. The van der Waals surface area contributed by atoms with Crippen LogP contribution in [0, 0.1) is 0 Å². The molecule has 1 aromatic heterocycles. The van der Waals surface area contributed by atoms with Gasteiger partial charge in [0.1, 0.15) is 0 Å². The van der Waals surface area contributed by atoms with Crippen molar-refractivity contribution in [2.45, 2.75) is 19.4 Å². The number of nitrogens with one attached hydrogen (secondary N) is 1. The second-order valence-corrected chi connectivity index (χ2v) is 5.76. The summed E-state index contributed by atoms with van der Waals surface area (Å²) in [5, 5.41) is 7.55. The first-order chi connectivity index (χ1) is 9.35. The van der Waals surface area contributed by atoms with Crippen molar-refractivity contribution in [3.05, 3.63) is 47.2 Å². The van der Waals surface area contributed by atoms with Gasteiger partial charge in [0.25, 0.3) is 5.91 Å². The first-order valence-corrected chi connectivity index (χ1v) is 6.61. The SMILES string of the molecule is CC(C)(N)CNC(=O)c1cnn(-c2cccc(Cl)c2)c1.Cl. The Balaban J connectivity index is 0.00000220. The molecule has 0 atom stereocenters. The van der Waals surface area contributed by atoms with E-state index in [0.717, 1.165) is 5.69 Å². The van der Waals surface area contributed by atoms with E-state index in [1.165, 1.54) is 6.20 Å². The highest BCUT2D eigenvalue weighted by molar-refractivity contribution is 6.30.